The maximum atomic E-state index is 6.28. The molecular formula is C27H36N2O. The van der Waals surface area contributed by atoms with Gasteiger partial charge in [-0.3, -0.25) is 0 Å². The molecule has 0 saturated carbocycles. The van der Waals surface area contributed by atoms with Gasteiger partial charge in [0.15, 0.2) is 0 Å². The normalized spacial score (nSPS) is 14.1. The molecule has 0 N–H and O–H groups in total. The number of ether oxygens (including phenoxy) is 1. The Labute approximate surface area is 182 Å². The average molecular weight is 405 g/mol. The highest BCUT2D eigenvalue weighted by molar-refractivity contribution is 5.84. The van der Waals surface area contributed by atoms with E-state index in [1.807, 2.05) is 0 Å². The second-order valence-electron chi connectivity index (χ2n) is 8.57. The van der Waals surface area contributed by atoms with Gasteiger partial charge in [0.05, 0.1) is 0 Å². The van der Waals surface area contributed by atoms with Crippen molar-refractivity contribution < 1.29 is 4.74 Å². The third-order valence-corrected chi connectivity index (χ3v) is 5.56. The monoisotopic (exact) mass is 404 g/mol. The molecule has 0 aromatic heterocycles. The van der Waals surface area contributed by atoms with Gasteiger partial charge in [-0.2, -0.15) is 0 Å². The SMILES string of the molecule is CCc1ccccc1-c1ccc(OCCN(C)C)c(C2=C(CN(C)C)CCC=C2)c1. The van der Waals surface area contributed by atoms with Gasteiger partial charge in [-0.25, -0.2) is 0 Å². The molecule has 3 heteroatoms. The molecule has 0 fully saturated rings. The van der Waals surface area contributed by atoms with Gasteiger partial charge in [-0.05, 0) is 87.4 Å². The second-order valence-corrected chi connectivity index (χ2v) is 8.57. The summed E-state index contributed by atoms with van der Waals surface area (Å²) in [6, 6.07) is 15.4. The van der Waals surface area contributed by atoms with Crippen LogP contribution in [0.15, 0.2) is 60.2 Å². The summed E-state index contributed by atoms with van der Waals surface area (Å²) < 4.78 is 6.28. The van der Waals surface area contributed by atoms with Gasteiger partial charge in [0.1, 0.15) is 12.4 Å². The van der Waals surface area contributed by atoms with Gasteiger partial charge in [0.25, 0.3) is 0 Å². The van der Waals surface area contributed by atoms with Crippen LogP contribution >= 0.6 is 0 Å². The van der Waals surface area contributed by atoms with Gasteiger partial charge in [0, 0.05) is 18.7 Å². The van der Waals surface area contributed by atoms with Crippen molar-refractivity contribution in [2.75, 3.05) is 47.9 Å². The standard InChI is InChI=1S/C27H36N2O/c1-6-21-11-7-9-13-24(21)22-15-16-27(30-18-17-28(2)3)26(19-22)25-14-10-8-12-23(25)20-29(4)5/h7,9-11,13-16,19H,6,8,12,17-18,20H2,1-5H3. The lowest BCUT2D eigenvalue weighted by molar-refractivity contribution is 0.261. The van der Waals surface area contributed by atoms with E-state index in [1.165, 1.54) is 33.4 Å². The zero-order chi connectivity index (χ0) is 21.5. The Morgan fingerprint density at radius 1 is 0.933 bits per heavy atom. The summed E-state index contributed by atoms with van der Waals surface area (Å²) in [7, 11) is 8.45. The summed E-state index contributed by atoms with van der Waals surface area (Å²) in [4.78, 5) is 4.42. The van der Waals surface area contributed by atoms with Gasteiger partial charge in [-0.1, -0.05) is 49.4 Å². The minimum Gasteiger partial charge on any atom is -0.492 e. The Hall–Kier alpha value is -2.36. The van der Waals surface area contributed by atoms with Crippen molar-refractivity contribution in [1.82, 2.24) is 9.80 Å². The molecule has 3 rings (SSSR count). The zero-order valence-electron chi connectivity index (χ0n) is 19.2. The van der Waals surface area contributed by atoms with Gasteiger partial charge in [-0.15, -0.1) is 0 Å². The number of hydrogen-bond donors (Lipinski definition) is 0. The van der Waals surface area contributed by atoms with E-state index in [2.05, 4.69) is 99.5 Å². The molecular weight excluding hydrogens is 368 g/mol. The Kier molecular flexibility index (Phi) is 7.89. The van der Waals surface area contributed by atoms with Crippen molar-refractivity contribution in [2.24, 2.45) is 0 Å². The summed E-state index contributed by atoms with van der Waals surface area (Å²) in [5.41, 5.74) is 7.98. The highest BCUT2D eigenvalue weighted by atomic mass is 16.5. The van der Waals surface area contributed by atoms with Crippen LogP contribution in [0, 0.1) is 0 Å². The molecule has 0 spiro atoms. The Balaban J connectivity index is 2.08. The predicted molar refractivity (Wildman–Crippen MR) is 129 cm³/mol. The largest absolute Gasteiger partial charge is 0.492 e. The molecule has 0 saturated heterocycles. The Morgan fingerprint density at radius 2 is 1.73 bits per heavy atom. The Morgan fingerprint density at radius 3 is 2.47 bits per heavy atom. The average Bonchev–Trinajstić information content (AvgIpc) is 2.74. The highest BCUT2D eigenvalue weighted by Crippen LogP contribution is 2.37. The first-order valence-corrected chi connectivity index (χ1v) is 11.0. The molecule has 0 aliphatic heterocycles. The fraction of sp³-hybridized carbons (Fsp3) is 0.407. The van der Waals surface area contributed by atoms with E-state index in [9.17, 15) is 0 Å². The maximum absolute atomic E-state index is 6.28. The molecule has 2 aromatic rings. The van der Waals surface area contributed by atoms with Crippen LogP contribution < -0.4 is 4.74 Å². The van der Waals surface area contributed by atoms with Crippen LogP contribution in [0.3, 0.4) is 0 Å². The lowest BCUT2D eigenvalue weighted by Gasteiger charge is -2.23. The van der Waals surface area contributed by atoms with Crippen molar-refractivity contribution in [2.45, 2.75) is 26.2 Å². The quantitative estimate of drug-likeness (QED) is 0.547. The van der Waals surface area contributed by atoms with Crippen molar-refractivity contribution >= 4 is 5.57 Å². The molecule has 0 heterocycles. The van der Waals surface area contributed by atoms with Crippen molar-refractivity contribution in [3.8, 4) is 16.9 Å². The second kappa shape index (κ2) is 10.6. The van der Waals surface area contributed by atoms with E-state index in [4.69, 9.17) is 4.74 Å². The van der Waals surface area contributed by atoms with Gasteiger partial charge in [0.2, 0.25) is 0 Å². The van der Waals surface area contributed by atoms with Crippen LogP contribution in [0.2, 0.25) is 0 Å². The summed E-state index contributed by atoms with van der Waals surface area (Å²) >= 11 is 0. The predicted octanol–water partition coefficient (Wildman–Crippen LogP) is 5.52. The number of likely N-dealkylation sites (N-methyl/N-ethyl adjacent to an activating group) is 2. The fourth-order valence-electron chi connectivity index (χ4n) is 4.02. The third kappa shape index (κ3) is 5.62. The topological polar surface area (TPSA) is 15.7 Å². The molecule has 3 nitrogen and oxygen atoms in total. The number of hydrogen-bond acceptors (Lipinski definition) is 3. The number of benzene rings is 2. The molecule has 0 unspecified atom stereocenters. The molecule has 0 radical (unpaired) electrons. The van der Waals surface area contributed by atoms with E-state index >= 15 is 0 Å². The summed E-state index contributed by atoms with van der Waals surface area (Å²) in [6.07, 6.45) is 7.84. The molecule has 30 heavy (non-hydrogen) atoms. The van der Waals surface area contributed by atoms with Crippen LogP contribution in [0.4, 0.5) is 0 Å². The van der Waals surface area contributed by atoms with Crippen LogP contribution in [0.25, 0.3) is 16.7 Å². The highest BCUT2D eigenvalue weighted by Gasteiger charge is 2.17. The lowest BCUT2D eigenvalue weighted by Crippen LogP contribution is -2.20. The molecule has 0 bridgehead atoms. The Bertz CT molecular complexity index is 909. The van der Waals surface area contributed by atoms with Crippen LogP contribution in [0.1, 0.15) is 30.9 Å². The van der Waals surface area contributed by atoms with E-state index in [0.717, 1.165) is 38.1 Å². The third-order valence-electron chi connectivity index (χ3n) is 5.56. The van der Waals surface area contributed by atoms with Crippen molar-refractivity contribution in [3.05, 3.63) is 71.3 Å². The van der Waals surface area contributed by atoms with Crippen LogP contribution in [0.5, 0.6) is 5.75 Å². The molecule has 1 aliphatic carbocycles. The number of rotatable bonds is 9. The lowest BCUT2D eigenvalue weighted by atomic mass is 9.89. The van der Waals surface area contributed by atoms with E-state index in [-0.39, 0.29) is 0 Å². The molecule has 0 atom stereocenters. The van der Waals surface area contributed by atoms with E-state index in [0.29, 0.717) is 6.61 Å². The first kappa shape index (κ1) is 22.3. The number of aryl methyl sites for hydroxylation is 1. The molecule has 0 amide bonds. The zero-order valence-corrected chi connectivity index (χ0v) is 19.2. The van der Waals surface area contributed by atoms with Crippen molar-refractivity contribution in [3.63, 3.8) is 0 Å². The van der Waals surface area contributed by atoms with E-state index < -0.39 is 0 Å². The van der Waals surface area contributed by atoms with Gasteiger partial charge >= 0.3 is 0 Å². The first-order valence-electron chi connectivity index (χ1n) is 11.0. The fourth-order valence-corrected chi connectivity index (χ4v) is 4.02. The molecule has 2 aromatic carbocycles. The summed E-state index contributed by atoms with van der Waals surface area (Å²) in [5, 5.41) is 0. The number of allylic oxidation sites excluding steroid dienone is 3. The van der Waals surface area contributed by atoms with E-state index in [1.54, 1.807) is 0 Å². The minimum atomic E-state index is 0.685. The minimum absolute atomic E-state index is 0.685. The molecule has 160 valence electrons. The van der Waals surface area contributed by atoms with Crippen LogP contribution in [-0.2, 0) is 6.42 Å². The molecule has 1 aliphatic rings. The smallest absolute Gasteiger partial charge is 0.127 e. The summed E-state index contributed by atoms with van der Waals surface area (Å²) in [6.45, 7) is 4.79. The first-order chi connectivity index (χ1) is 14.5. The number of nitrogens with zero attached hydrogens (tertiary/aromatic N) is 2. The van der Waals surface area contributed by atoms with Crippen LogP contribution in [-0.4, -0.2) is 57.7 Å². The van der Waals surface area contributed by atoms with Gasteiger partial charge < -0.3 is 14.5 Å². The van der Waals surface area contributed by atoms with Crippen molar-refractivity contribution in [1.29, 1.82) is 0 Å². The summed E-state index contributed by atoms with van der Waals surface area (Å²) in [5.74, 6) is 0.979. The maximum Gasteiger partial charge on any atom is 0.127 e.